The summed E-state index contributed by atoms with van der Waals surface area (Å²) in [7, 11) is -1.10. The topological polar surface area (TPSA) is 68.5 Å². The Labute approximate surface area is 500 Å². The van der Waals surface area contributed by atoms with Gasteiger partial charge in [0.2, 0.25) is 0 Å². The van der Waals surface area contributed by atoms with Gasteiger partial charge in [0, 0.05) is 61.9 Å². The molecule has 3 aliphatic heterocycles. The highest BCUT2D eigenvalue weighted by molar-refractivity contribution is 7.27. The molecule has 3 aromatic heterocycles. The van der Waals surface area contributed by atoms with E-state index in [1.54, 1.807) is 0 Å². The third-order valence-electron chi connectivity index (χ3n) is 19.0. The summed E-state index contributed by atoms with van der Waals surface area (Å²) in [4.78, 5) is 0. The second kappa shape index (κ2) is 19.9. The average molecular weight is 1140 g/mol. The predicted molar refractivity (Wildman–Crippen MR) is 357 cm³/mol. The van der Waals surface area contributed by atoms with Crippen LogP contribution in [0.2, 0.25) is 0 Å². The minimum Gasteiger partial charge on any atom is -0.455 e. The molecule has 6 heterocycles. The molecule has 3 fully saturated rings. The van der Waals surface area contributed by atoms with Gasteiger partial charge in [-0.3, -0.25) is 0 Å². The van der Waals surface area contributed by atoms with Crippen molar-refractivity contribution >= 4 is 155 Å². The molecule has 84 heavy (non-hydrogen) atoms. The Morgan fingerprint density at radius 3 is 1.24 bits per heavy atom. The second-order valence-electron chi connectivity index (χ2n) is 25.8. The molecule has 13 aromatic rings. The molecule has 0 N–H and O–H groups in total. The van der Waals surface area contributed by atoms with Crippen LogP contribution in [0.15, 0.2) is 192 Å². The Kier molecular flexibility index (Phi) is 13.0. The average Bonchev–Trinajstić information content (AvgIpc) is 2.54. The monoisotopic (exact) mass is 1140 g/mol. The smallest absolute Gasteiger partial charge is 0.455 e. The SMILES string of the molecule is CC1(C)OB(c2ccc(-c3cccc4ccc5c6ccccc6sc5c34)cc2)OC1(C)C.CC1(C)OB(c2cccc3ccc4c5ccccc5oc4c23)OC1(C)C.CC1(C)OB(c2cccc3ccc4c5ccccc5sc4c23)OC1(C)C. The van der Waals surface area contributed by atoms with Gasteiger partial charge < -0.3 is 32.3 Å². The molecular formula is C72H67B3O7S2. The van der Waals surface area contributed by atoms with Crippen molar-refractivity contribution in [2.45, 2.75) is 117 Å². The van der Waals surface area contributed by atoms with E-state index in [-0.39, 0.29) is 47.8 Å². The Bertz CT molecular complexity index is 4510. The summed E-state index contributed by atoms with van der Waals surface area (Å²) in [5, 5.41) is 14.8. The van der Waals surface area contributed by atoms with Crippen LogP contribution in [-0.2, 0) is 27.9 Å². The normalized spacial score (nSPS) is 18.5. The molecule has 7 nitrogen and oxygen atoms in total. The van der Waals surface area contributed by atoms with Crippen molar-refractivity contribution in [1.82, 2.24) is 0 Å². The molecule has 0 aliphatic carbocycles. The fraction of sp³-hybridized carbons (Fsp3) is 0.250. The molecule has 0 amide bonds. The van der Waals surface area contributed by atoms with E-state index in [1.807, 2.05) is 40.9 Å². The summed E-state index contributed by atoms with van der Waals surface area (Å²) in [6.45, 7) is 25.1. The number of hydrogen-bond acceptors (Lipinski definition) is 9. The molecule has 0 saturated carbocycles. The first-order valence-electron chi connectivity index (χ1n) is 29.2. The van der Waals surface area contributed by atoms with Crippen molar-refractivity contribution in [3.8, 4) is 11.1 Å². The zero-order valence-corrected chi connectivity index (χ0v) is 51.4. The number of thiophene rings is 2. The summed E-state index contributed by atoms with van der Waals surface area (Å²) in [6, 6.07) is 66.6. The molecule has 0 spiro atoms. The number of hydrogen-bond donors (Lipinski definition) is 0. The highest BCUT2D eigenvalue weighted by Gasteiger charge is 2.54. The van der Waals surface area contributed by atoms with Gasteiger partial charge in [-0.2, -0.15) is 0 Å². The standard InChI is InChI=1S/C28H25BO2S.C22H21BO3.C22H21BO2S/c1-27(2)28(3,4)31-29(30-27)20-15-12-18(13-16-20)21-10-7-8-19-14-17-23-22-9-5-6-11-24(22)32-26(23)25(19)21;1-21(2)22(3,4)26-23(25-21)17-10-7-8-14-12-13-16-15-9-5-6-11-18(15)24-20(16)19(14)17;1-21(2)22(3,4)25-23(24-21)17-10-7-8-14-12-13-16-15-9-5-6-11-18(15)26-20(16)19(14)17/h5-17H,1-4H3;2*5-13H,1-4H3. The molecular weight excluding hydrogens is 1070 g/mol. The van der Waals surface area contributed by atoms with Gasteiger partial charge in [-0.05, 0) is 156 Å². The van der Waals surface area contributed by atoms with E-state index < -0.39 is 7.12 Å². The quantitative estimate of drug-likeness (QED) is 0.163. The van der Waals surface area contributed by atoms with Crippen LogP contribution in [0.1, 0.15) is 83.1 Å². The molecule has 3 aliphatic rings. The fourth-order valence-corrected chi connectivity index (χ4v) is 14.6. The highest BCUT2D eigenvalue weighted by Crippen LogP contribution is 2.45. The summed E-state index contributed by atoms with van der Waals surface area (Å²) in [5.41, 5.74) is 5.38. The molecule has 0 bridgehead atoms. The molecule has 0 radical (unpaired) electrons. The lowest BCUT2D eigenvalue weighted by Crippen LogP contribution is -2.41. The first kappa shape index (κ1) is 55.1. The van der Waals surface area contributed by atoms with Crippen LogP contribution in [0.25, 0.3) is 106 Å². The fourth-order valence-electron chi connectivity index (χ4n) is 12.1. The van der Waals surface area contributed by atoms with Crippen LogP contribution in [0, 0.1) is 0 Å². The second-order valence-corrected chi connectivity index (χ2v) is 27.9. The van der Waals surface area contributed by atoms with E-state index in [1.165, 1.54) is 73.0 Å². The summed E-state index contributed by atoms with van der Waals surface area (Å²) >= 11 is 3.74. The van der Waals surface area contributed by atoms with Gasteiger partial charge in [0.15, 0.2) is 0 Å². The van der Waals surface area contributed by atoms with E-state index >= 15 is 0 Å². The Morgan fingerprint density at radius 1 is 0.310 bits per heavy atom. The van der Waals surface area contributed by atoms with Gasteiger partial charge >= 0.3 is 21.4 Å². The molecule has 16 rings (SSSR count). The molecule has 0 unspecified atom stereocenters. The van der Waals surface area contributed by atoms with Crippen LogP contribution in [0.3, 0.4) is 0 Å². The number of rotatable bonds is 4. The maximum absolute atomic E-state index is 6.36. The summed E-state index contributed by atoms with van der Waals surface area (Å²) in [6.07, 6.45) is 0. The van der Waals surface area contributed by atoms with Crippen LogP contribution in [-0.4, -0.2) is 55.0 Å². The number of furan rings is 1. The van der Waals surface area contributed by atoms with Crippen LogP contribution in [0.5, 0.6) is 0 Å². The van der Waals surface area contributed by atoms with Gasteiger partial charge in [0.1, 0.15) is 11.2 Å². The van der Waals surface area contributed by atoms with Gasteiger partial charge in [-0.15, -0.1) is 22.7 Å². The third-order valence-corrected chi connectivity index (χ3v) is 21.4. The van der Waals surface area contributed by atoms with Gasteiger partial charge in [-0.25, -0.2) is 0 Å². The maximum Gasteiger partial charge on any atom is 0.495 e. The maximum atomic E-state index is 6.36. The molecule has 0 atom stereocenters. The number of benzene rings is 10. The van der Waals surface area contributed by atoms with Crippen molar-refractivity contribution in [2.75, 3.05) is 0 Å². The van der Waals surface area contributed by atoms with Gasteiger partial charge in [-0.1, -0.05) is 164 Å². The largest absolute Gasteiger partial charge is 0.495 e. The van der Waals surface area contributed by atoms with E-state index in [4.69, 9.17) is 32.3 Å². The number of para-hydroxylation sites is 1. The Hall–Kier alpha value is -6.83. The zero-order chi connectivity index (χ0) is 58.3. The summed E-state index contributed by atoms with van der Waals surface area (Å²) < 4.78 is 49.4. The first-order valence-corrected chi connectivity index (χ1v) is 30.9. The van der Waals surface area contributed by atoms with Crippen molar-refractivity contribution in [3.05, 3.63) is 188 Å². The van der Waals surface area contributed by atoms with E-state index in [9.17, 15) is 0 Å². The van der Waals surface area contributed by atoms with Crippen molar-refractivity contribution in [1.29, 1.82) is 0 Å². The third kappa shape index (κ3) is 9.02. The van der Waals surface area contributed by atoms with Crippen molar-refractivity contribution < 1.29 is 32.3 Å². The Morgan fingerprint density at radius 2 is 0.714 bits per heavy atom. The van der Waals surface area contributed by atoms with Crippen molar-refractivity contribution in [2.24, 2.45) is 0 Å². The minimum absolute atomic E-state index is 0.335. The van der Waals surface area contributed by atoms with Gasteiger partial charge in [0.05, 0.1) is 33.6 Å². The highest BCUT2D eigenvalue weighted by atomic mass is 32.1. The summed E-state index contributed by atoms with van der Waals surface area (Å²) in [5.74, 6) is 0. The lowest BCUT2D eigenvalue weighted by atomic mass is 9.76. The predicted octanol–water partition coefficient (Wildman–Crippen LogP) is 17.7. The van der Waals surface area contributed by atoms with Crippen LogP contribution < -0.4 is 16.4 Å². The minimum atomic E-state index is -0.414. The van der Waals surface area contributed by atoms with Crippen molar-refractivity contribution in [3.63, 3.8) is 0 Å². The van der Waals surface area contributed by atoms with Crippen LogP contribution in [0.4, 0.5) is 0 Å². The number of fused-ring (bicyclic) bond motifs is 15. The van der Waals surface area contributed by atoms with Gasteiger partial charge in [0.25, 0.3) is 0 Å². The first-order chi connectivity index (χ1) is 40.1. The molecule has 3 saturated heterocycles. The lowest BCUT2D eigenvalue weighted by Gasteiger charge is -2.32. The molecule has 12 heteroatoms. The van der Waals surface area contributed by atoms with E-state index in [0.717, 1.165) is 49.1 Å². The van der Waals surface area contributed by atoms with E-state index in [0.29, 0.717) is 0 Å². The van der Waals surface area contributed by atoms with Crippen LogP contribution >= 0.6 is 22.7 Å². The van der Waals surface area contributed by atoms with E-state index in [2.05, 4.69) is 253 Å². The Balaban J connectivity index is 0.000000113. The molecule has 10 aromatic carbocycles. The lowest BCUT2D eigenvalue weighted by molar-refractivity contribution is 0.00578. The zero-order valence-electron chi connectivity index (χ0n) is 49.8. The molecule has 418 valence electrons.